The Morgan fingerprint density at radius 1 is 1.22 bits per heavy atom. The first-order valence-electron chi connectivity index (χ1n) is 3.83. The highest BCUT2D eigenvalue weighted by Gasteiger charge is 2.17. The van der Waals surface area contributed by atoms with Gasteiger partial charge in [-0.1, -0.05) is 40.0 Å². The highest BCUT2D eigenvalue weighted by molar-refractivity contribution is 4.78. The van der Waals surface area contributed by atoms with E-state index in [2.05, 4.69) is 27.7 Å². The number of hydrogen-bond donors (Lipinski definition) is 0. The van der Waals surface area contributed by atoms with Crippen molar-refractivity contribution < 1.29 is 0 Å². The summed E-state index contributed by atoms with van der Waals surface area (Å²) in [5.74, 6) is 0. The van der Waals surface area contributed by atoms with Crippen molar-refractivity contribution in [1.29, 1.82) is 0 Å². The molecule has 0 aromatic rings. The third kappa shape index (κ3) is 2.88. The molecule has 0 heterocycles. The SMILES string of the molecule is [CH2]CCC([CH2])(CC)CC. The average molecular weight is 126 g/mol. The molecule has 0 atom stereocenters. The van der Waals surface area contributed by atoms with Crippen LogP contribution in [0.3, 0.4) is 0 Å². The lowest BCUT2D eigenvalue weighted by Gasteiger charge is -2.25. The Bertz CT molecular complexity index is 60.4. The van der Waals surface area contributed by atoms with Gasteiger partial charge < -0.3 is 0 Å². The standard InChI is InChI=1S/C9H18/c1-5-8-9(4,6-2)7-3/h1,4-8H2,2-3H3. The Labute approximate surface area is 59.7 Å². The summed E-state index contributed by atoms with van der Waals surface area (Å²) in [5, 5.41) is 0. The van der Waals surface area contributed by atoms with E-state index in [1.165, 1.54) is 19.3 Å². The lowest BCUT2D eigenvalue weighted by atomic mass is 9.81. The zero-order valence-corrected chi connectivity index (χ0v) is 6.74. The average Bonchev–Trinajstić information content (AvgIpc) is 1.89. The summed E-state index contributed by atoms with van der Waals surface area (Å²) in [6.45, 7) is 12.4. The summed E-state index contributed by atoms with van der Waals surface area (Å²) >= 11 is 0. The van der Waals surface area contributed by atoms with Crippen LogP contribution in [0.1, 0.15) is 39.5 Å². The van der Waals surface area contributed by atoms with Gasteiger partial charge in [-0.05, 0) is 18.8 Å². The zero-order chi connectivity index (χ0) is 7.33. The van der Waals surface area contributed by atoms with E-state index in [-0.39, 0.29) is 0 Å². The molecule has 9 heavy (non-hydrogen) atoms. The predicted molar refractivity (Wildman–Crippen MR) is 43.0 cm³/mol. The van der Waals surface area contributed by atoms with Crippen molar-refractivity contribution in [1.82, 2.24) is 0 Å². The van der Waals surface area contributed by atoms with Crippen molar-refractivity contribution in [3.63, 3.8) is 0 Å². The molecule has 0 aliphatic carbocycles. The molecule has 0 fully saturated rings. The maximum absolute atomic E-state index is 4.16. The second-order valence-corrected chi connectivity index (χ2v) is 2.81. The van der Waals surface area contributed by atoms with E-state index in [1.807, 2.05) is 0 Å². The van der Waals surface area contributed by atoms with Crippen molar-refractivity contribution in [2.45, 2.75) is 39.5 Å². The van der Waals surface area contributed by atoms with Gasteiger partial charge in [0.15, 0.2) is 0 Å². The normalized spacial score (nSPS) is 12.0. The van der Waals surface area contributed by atoms with E-state index in [9.17, 15) is 0 Å². The molecule has 0 spiro atoms. The van der Waals surface area contributed by atoms with E-state index in [1.54, 1.807) is 0 Å². The van der Waals surface area contributed by atoms with Gasteiger partial charge >= 0.3 is 0 Å². The Hall–Kier alpha value is 0. The Balaban J connectivity index is 3.62. The minimum atomic E-state index is 0.321. The van der Waals surface area contributed by atoms with E-state index in [0.29, 0.717) is 5.41 Å². The van der Waals surface area contributed by atoms with E-state index in [0.717, 1.165) is 6.42 Å². The summed E-state index contributed by atoms with van der Waals surface area (Å²) in [4.78, 5) is 0. The van der Waals surface area contributed by atoms with Gasteiger partial charge in [0, 0.05) is 0 Å². The van der Waals surface area contributed by atoms with Crippen molar-refractivity contribution in [3.8, 4) is 0 Å². The predicted octanol–water partition coefficient (Wildman–Crippen LogP) is 3.24. The van der Waals surface area contributed by atoms with Crippen LogP contribution in [0.15, 0.2) is 0 Å². The quantitative estimate of drug-likeness (QED) is 0.542. The molecule has 2 radical (unpaired) electrons. The first-order valence-corrected chi connectivity index (χ1v) is 3.83. The Morgan fingerprint density at radius 2 is 1.67 bits per heavy atom. The van der Waals surface area contributed by atoms with Gasteiger partial charge in [-0.25, -0.2) is 0 Å². The van der Waals surface area contributed by atoms with Crippen LogP contribution >= 0.6 is 0 Å². The molecule has 0 saturated heterocycles. The third-order valence-corrected chi connectivity index (χ3v) is 2.21. The first-order chi connectivity index (χ1) is 4.18. The van der Waals surface area contributed by atoms with E-state index in [4.69, 9.17) is 0 Å². The van der Waals surface area contributed by atoms with Crippen LogP contribution in [0.5, 0.6) is 0 Å². The molecule has 0 heteroatoms. The molecule has 0 aliphatic rings. The van der Waals surface area contributed by atoms with Crippen LogP contribution in [0.2, 0.25) is 0 Å². The van der Waals surface area contributed by atoms with Crippen LogP contribution in [0.25, 0.3) is 0 Å². The lowest BCUT2D eigenvalue weighted by molar-refractivity contribution is 0.322. The van der Waals surface area contributed by atoms with Gasteiger partial charge in [0.25, 0.3) is 0 Å². The fraction of sp³-hybridized carbons (Fsp3) is 0.778. The molecular weight excluding hydrogens is 108 g/mol. The Morgan fingerprint density at radius 3 is 1.78 bits per heavy atom. The molecule has 0 saturated carbocycles. The van der Waals surface area contributed by atoms with Crippen LogP contribution in [0.4, 0.5) is 0 Å². The maximum Gasteiger partial charge on any atom is -0.0302 e. The summed E-state index contributed by atoms with van der Waals surface area (Å²) in [5.41, 5.74) is 0.321. The number of rotatable bonds is 4. The molecule has 0 aliphatic heterocycles. The topological polar surface area (TPSA) is 0 Å². The molecule has 0 unspecified atom stereocenters. The fourth-order valence-electron chi connectivity index (χ4n) is 0.979. The van der Waals surface area contributed by atoms with Gasteiger partial charge in [-0.15, -0.1) is 0 Å². The first kappa shape index (κ1) is 9.00. The summed E-state index contributed by atoms with van der Waals surface area (Å²) in [6.07, 6.45) is 4.54. The Kier molecular flexibility index (Phi) is 3.92. The van der Waals surface area contributed by atoms with Gasteiger partial charge in [0.2, 0.25) is 0 Å². The van der Waals surface area contributed by atoms with Crippen molar-refractivity contribution in [3.05, 3.63) is 13.8 Å². The molecule has 0 aromatic carbocycles. The number of hydrogen-bond acceptors (Lipinski definition) is 0. The van der Waals surface area contributed by atoms with Crippen molar-refractivity contribution in [2.75, 3.05) is 0 Å². The van der Waals surface area contributed by atoms with Crippen LogP contribution in [0, 0.1) is 19.3 Å². The van der Waals surface area contributed by atoms with Gasteiger partial charge in [-0.3, -0.25) is 0 Å². The smallest absolute Gasteiger partial charge is 0.0302 e. The van der Waals surface area contributed by atoms with Crippen LogP contribution < -0.4 is 0 Å². The molecule has 0 bridgehead atoms. The van der Waals surface area contributed by atoms with Gasteiger partial charge in [-0.2, -0.15) is 0 Å². The summed E-state index contributed by atoms with van der Waals surface area (Å²) in [7, 11) is 0. The fourth-order valence-corrected chi connectivity index (χ4v) is 0.979. The summed E-state index contributed by atoms with van der Waals surface area (Å²) in [6, 6.07) is 0. The lowest BCUT2D eigenvalue weighted by Crippen LogP contribution is -2.13. The second kappa shape index (κ2) is 3.92. The van der Waals surface area contributed by atoms with E-state index >= 15 is 0 Å². The van der Waals surface area contributed by atoms with Crippen LogP contribution in [-0.4, -0.2) is 0 Å². The molecular formula is C9H18. The van der Waals surface area contributed by atoms with E-state index < -0.39 is 0 Å². The minimum absolute atomic E-state index is 0.321. The highest BCUT2D eigenvalue weighted by atomic mass is 14.2. The largest absolute Gasteiger partial charge is 0.0649 e. The molecule has 0 amide bonds. The second-order valence-electron chi connectivity index (χ2n) is 2.81. The van der Waals surface area contributed by atoms with Crippen LogP contribution in [-0.2, 0) is 0 Å². The monoisotopic (exact) mass is 126 g/mol. The molecule has 54 valence electrons. The summed E-state index contributed by atoms with van der Waals surface area (Å²) < 4.78 is 0. The molecule has 0 nitrogen and oxygen atoms in total. The van der Waals surface area contributed by atoms with Crippen molar-refractivity contribution in [2.24, 2.45) is 5.41 Å². The molecule has 0 rings (SSSR count). The third-order valence-electron chi connectivity index (χ3n) is 2.21. The molecule has 0 N–H and O–H groups in total. The maximum atomic E-state index is 4.16. The van der Waals surface area contributed by atoms with Gasteiger partial charge in [0.1, 0.15) is 0 Å². The van der Waals surface area contributed by atoms with Gasteiger partial charge in [0.05, 0.1) is 0 Å². The molecule has 0 aromatic heterocycles. The minimum Gasteiger partial charge on any atom is -0.0649 e. The van der Waals surface area contributed by atoms with Crippen molar-refractivity contribution >= 4 is 0 Å². The highest BCUT2D eigenvalue weighted by Crippen LogP contribution is 2.29. The zero-order valence-electron chi connectivity index (χ0n) is 6.74.